The monoisotopic (exact) mass is 339 g/mol. The fraction of sp³-hybridized carbons (Fsp3) is 0.400. The van der Waals surface area contributed by atoms with Crippen molar-refractivity contribution >= 4 is 11.7 Å². The second kappa shape index (κ2) is 6.14. The summed E-state index contributed by atoms with van der Waals surface area (Å²) >= 11 is 0. The van der Waals surface area contributed by atoms with Crippen LogP contribution in [-0.4, -0.2) is 17.6 Å². The largest absolute Gasteiger partial charge is 0.331 e. The number of nitrogens with zero attached hydrogens (tertiary/aromatic N) is 2. The molecule has 5 heteroatoms. The van der Waals surface area contributed by atoms with Crippen LogP contribution in [0.4, 0.5) is 14.9 Å². The number of hydrogen-bond acceptors (Lipinski definition) is 2. The minimum Gasteiger partial charge on any atom is -0.331 e. The van der Waals surface area contributed by atoms with E-state index in [2.05, 4.69) is 10.3 Å². The lowest BCUT2D eigenvalue weighted by Crippen LogP contribution is -2.43. The van der Waals surface area contributed by atoms with Crippen molar-refractivity contribution in [2.75, 3.05) is 11.4 Å². The predicted molar refractivity (Wildman–Crippen MR) is 95.1 cm³/mol. The van der Waals surface area contributed by atoms with Gasteiger partial charge in [0.2, 0.25) is 0 Å². The molecular formula is C20H22FN3O. The van der Waals surface area contributed by atoms with Crippen LogP contribution < -0.4 is 10.2 Å². The molecule has 4 nitrogen and oxygen atoms in total. The average molecular weight is 339 g/mol. The fourth-order valence-corrected chi connectivity index (χ4v) is 4.37. The average Bonchev–Trinajstić information content (AvgIpc) is 3.22. The number of halogens is 1. The van der Waals surface area contributed by atoms with Crippen molar-refractivity contribution in [2.24, 2.45) is 0 Å². The Bertz CT molecular complexity index is 787. The van der Waals surface area contributed by atoms with E-state index in [1.807, 2.05) is 25.1 Å². The third kappa shape index (κ3) is 2.68. The molecule has 2 aromatic rings. The van der Waals surface area contributed by atoms with E-state index in [0.29, 0.717) is 6.54 Å². The van der Waals surface area contributed by atoms with Gasteiger partial charge in [0.15, 0.2) is 0 Å². The highest BCUT2D eigenvalue weighted by molar-refractivity contribution is 5.95. The van der Waals surface area contributed by atoms with Crippen molar-refractivity contribution in [1.29, 1.82) is 0 Å². The minimum atomic E-state index is -0.210. The van der Waals surface area contributed by atoms with Crippen LogP contribution >= 0.6 is 0 Å². The van der Waals surface area contributed by atoms with Crippen molar-refractivity contribution in [3.63, 3.8) is 0 Å². The number of rotatable bonds is 2. The standard InChI is InChI=1S/C20H22FN3O/c1-14(15-7-11-22-12-8-15)23-19(25)24-13-20(9-2-3-10-20)18-16(21)5-4-6-17(18)24/h4-8,11-12,14H,2-3,9-10,13H2,1H3,(H,23,25). The van der Waals surface area contributed by atoms with Crippen molar-refractivity contribution in [1.82, 2.24) is 10.3 Å². The van der Waals surface area contributed by atoms with Gasteiger partial charge in [-0.05, 0) is 49.6 Å². The SMILES string of the molecule is CC(NC(=O)N1CC2(CCCC2)c2c(F)cccc21)c1ccncc1. The lowest BCUT2D eigenvalue weighted by molar-refractivity contribution is 0.242. The van der Waals surface area contributed by atoms with Crippen LogP contribution in [0, 0.1) is 5.82 Å². The third-order valence-corrected chi connectivity index (χ3v) is 5.63. The molecule has 1 spiro atoms. The first-order valence-electron chi connectivity index (χ1n) is 8.88. The number of nitrogens with one attached hydrogen (secondary N) is 1. The number of aromatic nitrogens is 1. The topological polar surface area (TPSA) is 45.2 Å². The molecule has 1 aromatic carbocycles. The molecule has 1 aliphatic heterocycles. The van der Waals surface area contributed by atoms with Crippen LogP contribution in [0.15, 0.2) is 42.7 Å². The van der Waals surface area contributed by atoms with Crippen molar-refractivity contribution in [3.05, 3.63) is 59.7 Å². The van der Waals surface area contributed by atoms with E-state index in [4.69, 9.17) is 0 Å². The second-order valence-electron chi connectivity index (χ2n) is 7.16. The Kier molecular flexibility index (Phi) is 3.94. The predicted octanol–water partition coefficient (Wildman–Crippen LogP) is 4.32. The highest BCUT2D eigenvalue weighted by Crippen LogP contribution is 2.51. The molecule has 1 saturated carbocycles. The van der Waals surface area contributed by atoms with Crippen LogP contribution in [0.25, 0.3) is 0 Å². The molecule has 1 N–H and O–H groups in total. The first kappa shape index (κ1) is 16.1. The lowest BCUT2D eigenvalue weighted by Gasteiger charge is -2.26. The Morgan fingerprint density at radius 1 is 1.24 bits per heavy atom. The second-order valence-corrected chi connectivity index (χ2v) is 7.16. The number of benzene rings is 1. The summed E-state index contributed by atoms with van der Waals surface area (Å²) in [6.45, 7) is 2.51. The normalized spacial score (nSPS) is 19.0. The maximum absolute atomic E-state index is 14.6. The number of carbonyl (C=O) groups is 1. The number of anilines is 1. The van der Waals surface area contributed by atoms with Crippen LogP contribution in [0.2, 0.25) is 0 Å². The minimum absolute atomic E-state index is 0.132. The summed E-state index contributed by atoms with van der Waals surface area (Å²) in [4.78, 5) is 18.7. The van der Waals surface area contributed by atoms with Crippen LogP contribution in [-0.2, 0) is 5.41 Å². The summed E-state index contributed by atoms with van der Waals surface area (Å²) in [5.41, 5.74) is 2.25. The molecule has 0 radical (unpaired) electrons. The molecule has 2 heterocycles. The van der Waals surface area contributed by atoms with E-state index in [0.717, 1.165) is 42.5 Å². The van der Waals surface area contributed by atoms with Crippen molar-refractivity contribution in [3.8, 4) is 0 Å². The van der Waals surface area contributed by atoms with E-state index >= 15 is 0 Å². The van der Waals surface area contributed by atoms with Crippen molar-refractivity contribution in [2.45, 2.75) is 44.1 Å². The lowest BCUT2D eigenvalue weighted by atomic mass is 9.80. The van der Waals surface area contributed by atoms with Gasteiger partial charge in [0, 0.05) is 29.9 Å². The molecule has 1 atom stereocenters. The van der Waals surface area contributed by atoms with Gasteiger partial charge in [-0.1, -0.05) is 18.9 Å². The van der Waals surface area contributed by atoms with E-state index in [9.17, 15) is 9.18 Å². The van der Waals surface area contributed by atoms with Gasteiger partial charge in [-0.15, -0.1) is 0 Å². The molecule has 1 fully saturated rings. The molecule has 1 aromatic heterocycles. The maximum Gasteiger partial charge on any atom is 0.322 e. The Hall–Kier alpha value is -2.43. The van der Waals surface area contributed by atoms with Gasteiger partial charge in [-0.25, -0.2) is 9.18 Å². The van der Waals surface area contributed by atoms with Gasteiger partial charge in [-0.2, -0.15) is 0 Å². The molecule has 2 amide bonds. The highest BCUT2D eigenvalue weighted by Gasteiger charge is 2.48. The van der Waals surface area contributed by atoms with Crippen LogP contribution in [0.5, 0.6) is 0 Å². The van der Waals surface area contributed by atoms with Gasteiger partial charge in [0.05, 0.1) is 11.7 Å². The van der Waals surface area contributed by atoms with E-state index in [1.165, 1.54) is 6.07 Å². The number of hydrogen-bond donors (Lipinski definition) is 1. The van der Waals surface area contributed by atoms with E-state index in [1.54, 1.807) is 23.4 Å². The first-order chi connectivity index (χ1) is 12.1. The summed E-state index contributed by atoms with van der Waals surface area (Å²) in [5.74, 6) is -0.183. The summed E-state index contributed by atoms with van der Waals surface area (Å²) in [6.07, 6.45) is 7.51. The summed E-state index contributed by atoms with van der Waals surface area (Å²) < 4.78 is 14.6. The number of amides is 2. The zero-order valence-corrected chi connectivity index (χ0v) is 14.3. The maximum atomic E-state index is 14.6. The van der Waals surface area contributed by atoms with Crippen LogP contribution in [0.1, 0.15) is 49.8 Å². The number of fused-ring (bicyclic) bond motifs is 2. The number of urea groups is 1. The highest BCUT2D eigenvalue weighted by atomic mass is 19.1. The molecule has 1 unspecified atom stereocenters. The quantitative estimate of drug-likeness (QED) is 0.885. The first-order valence-corrected chi connectivity index (χ1v) is 8.88. The molecule has 2 aliphatic rings. The molecule has 4 rings (SSSR count). The van der Waals surface area contributed by atoms with Gasteiger partial charge < -0.3 is 5.32 Å². The third-order valence-electron chi connectivity index (χ3n) is 5.63. The molecule has 1 aliphatic carbocycles. The summed E-state index contributed by atoms with van der Waals surface area (Å²) in [7, 11) is 0. The Morgan fingerprint density at radius 3 is 2.68 bits per heavy atom. The molecule has 130 valence electrons. The molecule has 0 bridgehead atoms. The molecule has 25 heavy (non-hydrogen) atoms. The van der Waals surface area contributed by atoms with Crippen LogP contribution in [0.3, 0.4) is 0 Å². The smallest absolute Gasteiger partial charge is 0.322 e. The summed E-state index contributed by atoms with van der Waals surface area (Å²) in [5, 5.41) is 3.04. The number of pyridine rings is 1. The van der Waals surface area contributed by atoms with Crippen molar-refractivity contribution < 1.29 is 9.18 Å². The zero-order valence-electron chi connectivity index (χ0n) is 14.3. The van der Waals surface area contributed by atoms with Gasteiger partial charge in [-0.3, -0.25) is 9.88 Å². The Morgan fingerprint density at radius 2 is 1.96 bits per heavy atom. The van der Waals surface area contributed by atoms with Gasteiger partial charge in [0.1, 0.15) is 5.82 Å². The van der Waals surface area contributed by atoms with E-state index < -0.39 is 0 Å². The molecular weight excluding hydrogens is 317 g/mol. The zero-order chi connectivity index (χ0) is 17.4. The van der Waals surface area contributed by atoms with Gasteiger partial charge >= 0.3 is 6.03 Å². The van der Waals surface area contributed by atoms with Gasteiger partial charge in [0.25, 0.3) is 0 Å². The fourth-order valence-electron chi connectivity index (χ4n) is 4.37. The Labute approximate surface area is 147 Å². The number of carbonyl (C=O) groups excluding carboxylic acids is 1. The van der Waals surface area contributed by atoms with E-state index in [-0.39, 0.29) is 23.3 Å². The molecule has 0 saturated heterocycles. The Balaban J connectivity index is 1.61. The summed E-state index contributed by atoms with van der Waals surface area (Å²) in [6, 6.07) is 8.55.